The summed E-state index contributed by atoms with van der Waals surface area (Å²) in [6, 6.07) is 7.83. The number of likely N-dealkylation sites (N-methyl/N-ethyl adjacent to an activating group) is 1. The highest BCUT2D eigenvalue weighted by Crippen LogP contribution is 2.19. The fourth-order valence-electron chi connectivity index (χ4n) is 3.21. The van der Waals surface area contributed by atoms with E-state index in [4.69, 9.17) is 4.74 Å². The Labute approximate surface area is 150 Å². The molecule has 1 saturated heterocycles. The summed E-state index contributed by atoms with van der Waals surface area (Å²) in [4.78, 5) is 14.0. The molecule has 1 aliphatic heterocycles. The van der Waals surface area contributed by atoms with Gasteiger partial charge in [0.2, 0.25) is 0 Å². The standard InChI is InChI=1S/C20H28N4O/c1-23(12-13-24-10-4-3-5-11-24)16-17-14-21-20(22-15-17)18-6-8-19(25-2)9-7-18/h6-9,14-15H,3-5,10-13,16H2,1-2H3. The van der Waals surface area contributed by atoms with Crippen molar-refractivity contribution < 1.29 is 4.74 Å². The number of likely N-dealkylation sites (tertiary alicyclic amines) is 1. The second-order valence-electron chi connectivity index (χ2n) is 6.78. The van der Waals surface area contributed by atoms with Crippen molar-refractivity contribution >= 4 is 0 Å². The van der Waals surface area contributed by atoms with Crippen LogP contribution in [0.3, 0.4) is 0 Å². The van der Waals surface area contributed by atoms with Gasteiger partial charge < -0.3 is 14.5 Å². The summed E-state index contributed by atoms with van der Waals surface area (Å²) >= 11 is 0. The van der Waals surface area contributed by atoms with Gasteiger partial charge in [-0.25, -0.2) is 9.97 Å². The summed E-state index contributed by atoms with van der Waals surface area (Å²) in [7, 11) is 3.84. The SMILES string of the molecule is COc1ccc(-c2ncc(CN(C)CCN3CCCCC3)cn2)cc1. The molecule has 0 aliphatic carbocycles. The minimum atomic E-state index is 0.752. The molecule has 0 bridgehead atoms. The molecule has 25 heavy (non-hydrogen) atoms. The fraction of sp³-hybridized carbons (Fsp3) is 0.500. The van der Waals surface area contributed by atoms with Gasteiger partial charge in [0.25, 0.3) is 0 Å². The molecular formula is C20H28N4O. The van der Waals surface area contributed by atoms with Gasteiger partial charge in [-0.3, -0.25) is 0 Å². The Morgan fingerprint density at radius 1 is 1.04 bits per heavy atom. The second-order valence-corrected chi connectivity index (χ2v) is 6.78. The van der Waals surface area contributed by atoms with E-state index in [9.17, 15) is 0 Å². The zero-order valence-corrected chi connectivity index (χ0v) is 15.3. The third-order valence-electron chi connectivity index (χ3n) is 4.75. The molecule has 134 valence electrons. The highest BCUT2D eigenvalue weighted by atomic mass is 16.5. The second kappa shape index (κ2) is 8.92. The number of nitrogens with zero attached hydrogens (tertiary/aromatic N) is 4. The molecule has 5 nitrogen and oxygen atoms in total. The summed E-state index contributed by atoms with van der Waals surface area (Å²) in [6.07, 6.45) is 7.97. The van der Waals surface area contributed by atoms with Crippen LogP contribution in [0.1, 0.15) is 24.8 Å². The average Bonchev–Trinajstić information content (AvgIpc) is 2.68. The lowest BCUT2D eigenvalue weighted by Crippen LogP contribution is -2.36. The summed E-state index contributed by atoms with van der Waals surface area (Å²) in [6.45, 7) is 5.64. The van der Waals surface area contributed by atoms with Crippen molar-refractivity contribution in [2.45, 2.75) is 25.8 Å². The van der Waals surface area contributed by atoms with Crippen LogP contribution in [0.15, 0.2) is 36.7 Å². The zero-order chi connectivity index (χ0) is 17.5. The molecule has 2 heterocycles. The molecule has 0 radical (unpaired) electrons. The molecule has 0 saturated carbocycles. The Morgan fingerprint density at radius 2 is 1.72 bits per heavy atom. The molecule has 5 heteroatoms. The van der Waals surface area contributed by atoms with E-state index in [1.807, 2.05) is 36.7 Å². The minimum absolute atomic E-state index is 0.752. The maximum absolute atomic E-state index is 5.18. The van der Waals surface area contributed by atoms with Crippen molar-refractivity contribution in [1.82, 2.24) is 19.8 Å². The van der Waals surface area contributed by atoms with Crippen molar-refractivity contribution in [3.05, 3.63) is 42.2 Å². The Bertz CT molecular complexity index is 636. The van der Waals surface area contributed by atoms with E-state index in [0.29, 0.717) is 0 Å². The van der Waals surface area contributed by atoms with E-state index < -0.39 is 0 Å². The van der Waals surface area contributed by atoms with Crippen LogP contribution < -0.4 is 4.74 Å². The van der Waals surface area contributed by atoms with E-state index >= 15 is 0 Å². The van der Waals surface area contributed by atoms with Gasteiger partial charge in [-0.1, -0.05) is 6.42 Å². The maximum atomic E-state index is 5.18. The van der Waals surface area contributed by atoms with Crippen LogP contribution in [0.4, 0.5) is 0 Å². The number of ether oxygens (including phenoxy) is 1. The van der Waals surface area contributed by atoms with Crippen molar-refractivity contribution in [2.24, 2.45) is 0 Å². The summed E-state index contributed by atoms with van der Waals surface area (Å²) in [5.41, 5.74) is 2.16. The number of hydrogen-bond acceptors (Lipinski definition) is 5. The molecule has 0 N–H and O–H groups in total. The van der Waals surface area contributed by atoms with E-state index in [0.717, 1.165) is 42.3 Å². The lowest BCUT2D eigenvalue weighted by molar-refractivity contribution is 0.193. The first-order valence-electron chi connectivity index (χ1n) is 9.11. The van der Waals surface area contributed by atoms with Gasteiger partial charge in [0.1, 0.15) is 5.75 Å². The fourth-order valence-corrected chi connectivity index (χ4v) is 3.21. The molecule has 0 spiro atoms. The molecule has 1 aromatic heterocycles. The lowest BCUT2D eigenvalue weighted by atomic mass is 10.1. The molecule has 1 aliphatic rings. The van der Waals surface area contributed by atoms with Gasteiger partial charge in [0.15, 0.2) is 5.82 Å². The van der Waals surface area contributed by atoms with Crippen molar-refractivity contribution in [3.8, 4) is 17.1 Å². The predicted octanol–water partition coefficient (Wildman–Crippen LogP) is 3.07. The van der Waals surface area contributed by atoms with Gasteiger partial charge in [0, 0.05) is 43.2 Å². The smallest absolute Gasteiger partial charge is 0.159 e. The Hall–Kier alpha value is -1.98. The zero-order valence-electron chi connectivity index (χ0n) is 15.3. The minimum Gasteiger partial charge on any atom is -0.497 e. The first-order valence-corrected chi connectivity index (χ1v) is 9.11. The molecule has 1 aromatic carbocycles. The van der Waals surface area contributed by atoms with Gasteiger partial charge in [-0.2, -0.15) is 0 Å². The number of hydrogen-bond donors (Lipinski definition) is 0. The molecule has 1 fully saturated rings. The van der Waals surface area contributed by atoms with Crippen LogP contribution in [0.5, 0.6) is 5.75 Å². The highest BCUT2D eigenvalue weighted by molar-refractivity contribution is 5.55. The Balaban J connectivity index is 1.51. The normalized spacial score (nSPS) is 15.5. The van der Waals surface area contributed by atoms with Crippen molar-refractivity contribution in [2.75, 3.05) is 40.3 Å². The molecule has 0 amide bonds. The molecule has 0 unspecified atom stereocenters. The van der Waals surface area contributed by atoms with Crippen LogP contribution in [-0.4, -0.2) is 60.1 Å². The Kier molecular flexibility index (Phi) is 6.36. The molecule has 0 atom stereocenters. The molecule has 3 rings (SSSR count). The average molecular weight is 340 g/mol. The Morgan fingerprint density at radius 3 is 2.36 bits per heavy atom. The van der Waals surface area contributed by atoms with Gasteiger partial charge in [-0.15, -0.1) is 0 Å². The maximum Gasteiger partial charge on any atom is 0.159 e. The number of rotatable bonds is 7. The topological polar surface area (TPSA) is 41.5 Å². The van der Waals surface area contributed by atoms with Crippen LogP contribution in [-0.2, 0) is 6.54 Å². The number of piperidine rings is 1. The van der Waals surface area contributed by atoms with E-state index in [-0.39, 0.29) is 0 Å². The predicted molar refractivity (Wildman–Crippen MR) is 101 cm³/mol. The number of methoxy groups -OCH3 is 1. The summed E-state index contributed by atoms with van der Waals surface area (Å²) in [5, 5.41) is 0. The number of aromatic nitrogens is 2. The van der Waals surface area contributed by atoms with Gasteiger partial charge in [0.05, 0.1) is 7.11 Å². The van der Waals surface area contributed by atoms with E-state index in [1.54, 1.807) is 7.11 Å². The third kappa shape index (κ3) is 5.25. The molecular weight excluding hydrogens is 312 g/mol. The highest BCUT2D eigenvalue weighted by Gasteiger charge is 2.11. The molecule has 2 aromatic rings. The van der Waals surface area contributed by atoms with Gasteiger partial charge >= 0.3 is 0 Å². The van der Waals surface area contributed by atoms with Crippen LogP contribution in [0, 0.1) is 0 Å². The van der Waals surface area contributed by atoms with Crippen LogP contribution >= 0.6 is 0 Å². The van der Waals surface area contributed by atoms with E-state index in [1.165, 1.54) is 32.4 Å². The van der Waals surface area contributed by atoms with Crippen molar-refractivity contribution in [3.63, 3.8) is 0 Å². The quantitative estimate of drug-likeness (QED) is 0.775. The summed E-state index contributed by atoms with van der Waals surface area (Å²) < 4.78 is 5.18. The number of benzene rings is 1. The van der Waals surface area contributed by atoms with Crippen LogP contribution in [0.2, 0.25) is 0 Å². The monoisotopic (exact) mass is 340 g/mol. The first kappa shape index (κ1) is 17.8. The van der Waals surface area contributed by atoms with Gasteiger partial charge in [-0.05, 0) is 57.2 Å². The summed E-state index contributed by atoms with van der Waals surface area (Å²) in [5.74, 6) is 1.60. The van der Waals surface area contributed by atoms with Crippen molar-refractivity contribution in [1.29, 1.82) is 0 Å². The third-order valence-corrected chi connectivity index (χ3v) is 4.75. The van der Waals surface area contributed by atoms with Crippen LogP contribution in [0.25, 0.3) is 11.4 Å². The van der Waals surface area contributed by atoms with E-state index in [2.05, 4.69) is 26.8 Å². The largest absolute Gasteiger partial charge is 0.497 e. The lowest BCUT2D eigenvalue weighted by Gasteiger charge is -2.28. The first-order chi connectivity index (χ1) is 12.2.